The van der Waals surface area contributed by atoms with E-state index in [-0.39, 0.29) is 18.6 Å². The fourth-order valence-electron chi connectivity index (χ4n) is 1.93. The molecule has 1 rings (SSSR count). The molecule has 3 N–H and O–H groups in total. The lowest BCUT2D eigenvalue weighted by Crippen LogP contribution is -2.57. The summed E-state index contributed by atoms with van der Waals surface area (Å²) in [6.07, 6.45) is 1.86. The number of likely N-dealkylation sites (tertiary alicyclic amines) is 1. The van der Waals surface area contributed by atoms with Crippen molar-refractivity contribution < 1.29 is 9.90 Å². The first-order valence-corrected chi connectivity index (χ1v) is 5.92. The number of rotatable bonds is 3. The molecular weight excluding hydrogens is 204 g/mol. The van der Waals surface area contributed by atoms with E-state index in [9.17, 15) is 9.90 Å². The third-order valence-electron chi connectivity index (χ3n) is 3.99. The van der Waals surface area contributed by atoms with Crippen LogP contribution in [0.25, 0.3) is 0 Å². The molecule has 1 heterocycles. The fourth-order valence-corrected chi connectivity index (χ4v) is 1.93. The molecule has 0 spiro atoms. The van der Waals surface area contributed by atoms with Crippen LogP contribution in [0.4, 0.5) is 0 Å². The van der Waals surface area contributed by atoms with Crippen molar-refractivity contribution in [2.24, 2.45) is 11.1 Å². The molecule has 1 atom stereocenters. The highest BCUT2D eigenvalue weighted by Crippen LogP contribution is 2.33. The van der Waals surface area contributed by atoms with Crippen LogP contribution in [-0.2, 0) is 4.79 Å². The first-order valence-electron chi connectivity index (χ1n) is 5.92. The van der Waals surface area contributed by atoms with Crippen LogP contribution < -0.4 is 5.73 Å². The highest BCUT2D eigenvalue weighted by molar-refractivity contribution is 5.84. The molecule has 0 unspecified atom stereocenters. The average molecular weight is 228 g/mol. The van der Waals surface area contributed by atoms with Gasteiger partial charge < -0.3 is 15.7 Å². The minimum absolute atomic E-state index is 0.0193. The van der Waals surface area contributed by atoms with Crippen molar-refractivity contribution in [2.45, 2.75) is 52.1 Å². The molecule has 0 bridgehead atoms. The molecule has 4 heteroatoms. The average Bonchev–Trinajstić information content (AvgIpc) is 2.62. The van der Waals surface area contributed by atoms with Gasteiger partial charge in [0, 0.05) is 12.1 Å². The highest BCUT2D eigenvalue weighted by atomic mass is 16.3. The maximum Gasteiger partial charge on any atom is 0.230 e. The summed E-state index contributed by atoms with van der Waals surface area (Å²) in [6.45, 7) is 8.28. The van der Waals surface area contributed by atoms with E-state index in [0.717, 1.165) is 19.4 Å². The van der Waals surface area contributed by atoms with Crippen LogP contribution in [0, 0.1) is 5.41 Å². The van der Waals surface area contributed by atoms with Crippen molar-refractivity contribution in [2.75, 3.05) is 13.2 Å². The molecule has 0 aromatic heterocycles. The van der Waals surface area contributed by atoms with Crippen molar-refractivity contribution in [1.82, 2.24) is 4.90 Å². The van der Waals surface area contributed by atoms with E-state index in [1.165, 1.54) is 0 Å². The number of carbonyl (C=O) groups excluding carboxylic acids is 1. The summed E-state index contributed by atoms with van der Waals surface area (Å²) in [5.74, 6) is 0.0524. The Morgan fingerprint density at radius 1 is 1.44 bits per heavy atom. The monoisotopic (exact) mass is 228 g/mol. The van der Waals surface area contributed by atoms with E-state index < -0.39 is 11.0 Å². The molecule has 1 aliphatic heterocycles. The summed E-state index contributed by atoms with van der Waals surface area (Å²) >= 11 is 0. The largest absolute Gasteiger partial charge is 0.394 e. The lowest BCUT2D eigenvalue weighted by Gasteiger charge is -2.41. The summed E-state index contributed by atoms with van der Waals surface area (Å²) in [5, 5.41) is 9.23. The Balaban J connectivity index is 2.85. The molecule has 1 amide bonds. The topological polar surface area (TPSA) is 66.6 Å². The van der Waals surface area contributed by atoms with E-state index in [0.29, 0.717) is 0 Å². The predicted molar refractivity (Wildman–Crippen MR) is 63.9 cm³/mol. The van der Waals surface area contributed by atoms with Crippen LogP contribution in [-0.4, -0.2) is 40.6 Å². The first-order chi connectivity index (χ1) is 7.21. The fraction of sp³-hybridized carbons (Fsp3) is 0.917. The molecule has 1 fully saturated rings. The Bertz CT molecular complexity index is 269. The number of carbonyl (C=O) groups is 1. The number of nitrogens with zero attached hydrogens (tertiary/aromatic N) is 1. The molecule has 0 aromatic carbocycles. The summed E-state index contributed by atoms with van der Waals surface area (Å²) in [5.41, 5.74) is 4.89. The summed E-state index contributed by atoms with van der Waals surface area (Å²) in [6, 6.07) is -0.0193. The van der Waals surface area contributed by atoms with Gasteiger partial charge in [-0.05, 0) is 40.5 Å². The van der Waals surface area contributed by atoms with Crippen molar-refractivity contribution in [1.29, 1.82) is 0 Å². The molecule has 1 aliphatic rings. The molecule has 0 aromatic rings. The zero-order valence-corrected chi connectivity index (χ0v) is 10.8. The van der Waals surface area contributed by atoms with Gasteiger partial charge in [-0.1, -0.05) is 0 Å². The van der Waals surface area contributed by atoms with Crippen molar-refractivity contribution in [3.8, 4) is 0 Å². The van der Waals surface area contributed by atoms with Gasteiger partial charge in [-0.15, -0.1) is 0 Å². The van der Waals surface area contributed by atoms with E-state index in [4.69, 9.17) is 5.73 Å². The Morgan fingerprint density at radius 3 is 2.44 bits per heavy atom. The van der Waals surface area contributed by atoms with E-state index in [1.807, 2.05) is 27.7 Å². The van der Waals surface area contributed by atoms with Gasteiger partial charge in [0.1, 0.15) is 0 Å². The van der Waals surface area contributed by atoms with E-state index in [1.54, 1.807) is 4.90 Å². The molecule has 94 valence electrons. The SMILES string of the molecule is CC(C)(N)C(C)(C)C(=O)N1CCC[C@H]1CO. The van der Waals surface area contributed by atoms with Crippen molar-refractivity contribution in [3.05, 3.63) is 0 Å². The zero-order chi connectivity index (χ0) is 12.6. The summed E-state index contributed by atoms with van der Waals surface area (Å²) < 4.78 is 0. The van der Waals surface area contributed by atoms with Gasteiger partial charge in [0.25, 0.3) is 0 Å². The normalized spacial score (nSPS) is 22.6. The number of nitrogens with two attached hydrogens (primary N) is 1. The van der Waals surface area contributed by atoms with Crippen LogP contribution >= 0.6 is 0 Å². The minimum atomic E-state index is -0.606. The third kappa shape index (κ3) is 2.23. The van der Waals surface area contributed by atoms with Gasteiger partial charge in [0.15, 0.2) is 0 Å². The van der Waals surface area contributed by atoms with Crippen LogP contribution in [0.1, 0.15) is 40.5 Å². The van der Waals surface area contributed by atoms with Crippen molar-refractivity contribution >= 4 is 5.91 Å². The maximum absolute atomic E-state index is 12.4. The highest BCUT2D eigenvalue weighted by Gasteiger charge is 2.45. The van der Waals surface area contributed by atoms with E-state index >= 15 is 0 Å². The molecule has 4 nitrogen and oxygen atoms in total. The molecule has 0 radical (unpaired) electrons. The Labute approximate surface area is 97.8 Å². The van der Waals surface area contributed by atoms with Crippen LogP contribution in [0.3, 0.4) is 0 Å². The second-order valence-electron chi connectivity index (χ2n) is 5.82. The standard InChI is InChI=1S/C12H24N2O2/c1-11(2,12(3,4)13)10(16)14-7-5-6-9(14)8-15/h9,15H,5-8,13H2,1-4H3/t9-/m0/s1. The number of hydrogen-bond donors (Lipinski definition) is 2. The molecule has 0 saturated carbocycles. The number of hydrogen-bond acceptors (Lipinski definition) is 3. The second kappa shape index (κ2) is 4.34. The van der Waals surface area contributed by atoms with E-state index in [2.05, 4.69) is 0 Å². The Kier molecular flexibility index (Phi) is 3.65. The van der Waals surface area contributed by atoms with Gasteiger partial charge in [-0.2, -0.15) is 0 Å². The van der Waals surface area contributed by atoms with Gasteiger partial charge >= 0.3 is 0 Å². The predicted octanol–water partition coefficient (Wildman–Crippen LogP) is 0.733. The third-order valence-corrected chi connectivity index (χ3v) is 3.99. The first kappa shape index (κ1) is 13.5. The quantitative estimate of drug-likeness (QED) is 0.748. The lowest BCUT2D eigenvalue weighted by atomic mass is 9.74. The Hall–Kier alpha value is -0.610. The lowest BCUT2D eigenvalue weighted by molar-refractivity contribution is -0.145. The van der Waals surface area contributed by atoms with Gasteiger partial charge in [-0.25, -0.2) is 0 Å². The van der Waals surface area contributed by atoms with Gasteiger partial charge in [-0.3, -0.25) is 4.79 Å². The number of aliphatic hydroxyl groups is 1. The molecular formula is C12H24N2O2. The van der Waals surface area contributed by atoms with Crippen LogP contribution in [0.2, 0.25) is 0 Å². The second-order valence-corrected chi connectivity index (χ2v) is 5.82. The smallest absolute Gasteiger partial charge is 0.230 e. The molecule has 0 aliphatic carbocycles. The van der Waals surface area contributed by atoms with Gasteiger partial charge in [0.2, 0.25) is 5.91 Å². The Morgan fingerprint density at radius 2 is 2.00 bits per heavy atom. The van der Waals surface area contributed by atoms with Crippen molar-refractivity contribution in [3.63, 3.8) is 0 Å². The summed E-state index contributed by atoms with van der Waals surface area (Å²) in [4.78, 5) is 14.2. The van der Waals surface area contributed by atoms with Crippen LogP contribution in [0.15, 0.2) is 0 Å². The number of aliphatic hydroxyl groups excluding tert-OH is 1. The van der Waals surface area contributed by atoms with Gasteiger partial charge in [0.05, 0.1) is 18.1 Å². The molecule has 16 heavy (non-hydrogen) atoms. The summed E-state index contributed by atoms with van der Waals surface area (Å²) in [7, 11) is 0. The van der Waals surface area contributed by atoms with Crippen LogP contribution in [0.5, 0.6) is 0 Å². The number of amides is 1. The zero-order valence-electron chi connectivity index (χ0n) is 10.8. The minimum Gasteiger partial charge on any atom is -0.394 e. The maximum atomic E-state index is 12.4. The molecule has 1 saturated heterocycles.